The van der Waals surface area contributed by atoms with Crippen LogP contribution in [0.25, 0.3) is 0 Å². The molecule has 2 aromatic carbocycles. The first-order chi connectivity index (χ1) is 11.1. The summed E-state index contributed by atoms with van der Waals surface area (Å²) in [7, 11) is 0. The van der Waals surface area contributed by atoms with Gasteiger partial charge in [0.05, 0.1) is 12.8 Å². The van der Waals surface area contributed by atoms with Crippen molar-refractivity contribution in [3.05, 3.63) is 70.5 Å². The van der Waals surface area contributed by atoms with E-state index in [0.717, 1.165) is 0 Å². The van der Waals surface area contributed by atoms with Crippen LogP contribution in [0.4, 0.5) is 4.39 Å². The number of amides is 2. The molecule has 0 radical (unpaired) electrons. The first-order valence-corrected chi connectivity index (χ1v) is 7.04. The molecular formula is C16H13ClFN3O2. The lowest BCUT2D eigenvalue weighted by Gasteiger charge is -2.04. The fourth-order valence-electron chi connectivity index (χ4n) is 1.66. The molecule has 5 nitrogen and oxygen atoms in total. The Morgan fingerprint density at radius 1 is 1.13 bits per heavy atom. The zero-order chi connectivity index (χ0) is 16.7. The summed E-state index contributed by atoms with van der Waals surface area (Å²) in [4.78, 5) is 23.3. The van der Waals surface area contributed by atoms with Crippen molar-refractivity contribution in [1.82, 2.24) is 10.7 Å². The Labute approximate surface area is 137 Å². The molecule has 0 fully saturated rings. The Bertz CT molecular complexity index is 732. The van der Waals surface area contributed by atoms with Crippen LogP contribution in [-0.2, 0) is 4.79 Å². The largest absolute Gasteiger partial charge is 0.343 e. The van der Waals surface area contributed by atoms with Crippen molar-refractivity contribution in [2.45, 2.75) is 0 Å². The van der Waals surface area contributed by atoms with Gasteiger partial charge in [-0.05, 0) is 30.3 Å². The van der Waals surface area contributed by atoms with Gasteiger partial charge in [0.1, 0.15) is 5.82 Å². The fourth-order valence-corrected chi connectivity index (χ4v) is 1.84. The minimum absolute atomic E-state index is 0.254. The van der Waals surface area contributed by atoms with E-state index in [1.807, 2.05) is 0 Å². The van der Waals surface area contributed by atoms with E-state index < -0.39 is 17.6 Å². The van der Waals surface area contributed by atoms with E-state index in [1.54, 1.807) is 24.3 Å². The highest BCUT2D eigenvalue weighted by atomic mass is 35.5. The maximum atomic E-state index is 12.8. The molecule has 2 N–H and O–H groups in total. The van der Waals surface area contributed by atoms with Crippen LogP contribution in [0.15, 0.2) is 53.6 Å². The molecule has 0 aliphatic heterocycles. The highest BCUT2D eigenvalue weighted by molar-refractivity contribution is 6.33. The summed E-state index contributed by atoms with van der Waals surface area (Å²) >= 11 is 5.93. The Kier molecular flexibility index (Phi) is 5.82. The molecule has 2 amide bonds. The second-order valence-electron chi connectivity index (χ2n) is 4.50. The van der Waals surface area contributed by atoms with Crippen LogP contribution in [0.2, 0.25) is 5.02 Å². The predicted octanol–water partition coefficient (Wildman–Crippen LogP) is 2.36. The third-order valence-corrected chi connectivity index (χ3v) is 3.16. The summed E-state index contributed by atoms with van der Waals surface area (Å²) < 4.78 is 12.8. The molecule has 2 rings (SSSR count). The summed E-state index contributed by atoms with van der Waals surface area (Å²) in [6, 6.07) is 12.0. The SMILES string of the molecule is O=C(CNC(=O)c1ccc(F)cc1)NN=Cc1ccccc1Cl. The average Bonchev–Trinajstić information content (AvgIpc) is 2.55. The number of carbonyl (C=O) groups excluding carboxylic acids is 2. The maximum Gasteiger partial charge on any atom is 0.259 e. The molecule has 7 heteroatoms. The van der Waals surface area contributed by atoms with E-state index in [0.29, 0.717) is 10.6 Å². The van der Waals surface area contributed by atoms with Crippen molar-refractivity contribution in [2.75, 3.05) is 6.54 Å². The van der Waals surface area contributed by atoms with E-state index in [9.17, 15) is 14.0 Å². The normalized spacial score (nSPS) is 10.5. The number of hydrazone groups is 1. The minimum atomic E-state index is -0.497. The number of rotatable bonds is 5. The molecule has 0 bridgehead atoms. The molecule has 0 unspecified atom stereocenters. The van der Waals surface area contributed by atoms with Crippen molar-refractivity contribution in [3.8, 4) is 0 Å². The molecule has 0 atom stereocenters. The third kappa shape index (κ3) is 5.19. The lowest BCUT2D eigenvalue weighted by molar-refractivity contribution is -0.120. The van der Waals surface area contributed by atoms with Crippen molar-refractivity contribution in [2.24, 2.45) is 5.10 Å². The zero-order valence-electron chi connectivity index (χ0n) is 11.9. The number of nitrogens with zero attached hydrogens (tertiary/aromatic N) is 1. The number of nitrogens with one attached hydrogen (secondary N) is 2. The summed E-state index contributed by atoms with van der Waals surface area (Å²) in [6.07, 6.45) is 1.40. The van der Waals surface area contributed by atoms with Crippen LogP contribution < -0.4 is 10.7 Å². The quantitative estimate of drug-likeness (QED) is 0.651. The van der Waals surface area contributed by atoms with Gasteiger partial charge in [-0.2, -0.15) is 5.10 Å². The maximum absolute atomic E-state index is 12.8. The summed E-state index contributed by atoms with van der Waals surface area (Å²) in [6.45, 7) is -0.254. The van der Waals surface area contributed by atoms with Gasteiger partial charge >= 0.3 is 0 Å². The lowest BCUT2D eigenvalue weighted by atomic mass is 10.2. The Morgan fingerprint density at radius 2 is 1.83 bits per heavy atom. The number of hydrogen-bond donors (Lipinski definition) is 2. The van der Waals surface area contributed by atoms with E-state index >= 15 is 0 Å². The van der Waals surface area contributed by atoms with Crippen molar-refractivity contribution in [1.29, 1.82) is 0 Å². The van der Waals surface area contributed by atoms with Crippen molar-refractivity contribution in [3.63, 3.8) is 0 Å². The topological polar surface area (TPSA) is 70.6 Å². The Hall–Kier alpha value is -2.73. The molecule has 0 aliphatic carbocycles. The monoisotopic (exact) mass is 333 g/mol. The fraction of sp³-hybridized carbons (Fsp3) is 0.0625. The van der Waals surface area contributed by atoms with Crippen LogP contribution in [0.1, 0.15) is 15.9 Å². The van der Waals surface area contributed by atoms with Gasteiger partial charge in [-0.1, -0.05) is 29.8 Å². The lowest BCUT2D eigenvalue weighted by Crippen LogP contribution is -2.34. The van der Waals surface area contributed by atoms with Gasteiger partial charge in [-0.3, -0.25) is 9.59 Å². The van der Waals surface area contributed by atoms with E-state index in [2.05, 4.69) is 15.8 Å². The number of halogens is 2. The molecule has 0 aliphatic rings. The van der Waals surface area contributed by atoms with Crippen LogP contribution in [-0.4, -0.2) is 24.6 Å². The van der Waals surface area contributed by atoms with Gasteiger partial charge in [-0.15, -0.1) is 0 Å². The molecule has 23 heavy (non-hydrogen) atoms. The summed E-state index contributed by atoms with van der Waals surface area (Å²) in [5.41, 5.74) is 3.19. The highest BCUT2D eigenvalue weighted by Gasteiger charge is 2.07. The van der Waals surface area contributed by atoms with Gasteiger partial charge in [-0.25, -0.2) is 9.82 Å². The highest BCUT2D eigenvalue weighted by Crippen LogP contribution is 2.11. The number of hydrogen-bond acceptors (Lipinski definition) is 3. The molecule has 0 heterocycles. The predicted molar refractivity (Wildman–Crippen MR) is 85.9 cm³/mol. The molecule has 2 aromatic rings. The Balaban J connectivity index is 1.80. The third-order valence-electron chi connectivity index (χ3n) is 2.81. The van der Waals surface area contributed by atoms with Crippen LogP contribution in [0, 0.1) is 5.82 Å². The van der Waals surface area contributed by atoms with Crippen LogP contribution >= 0.6 is 11.6 Å². The molecule has 0 spiro atoms. The number of carbonyl (C=O) groups is 2. The molecule has 0 saturated carbocycles. The Morgan fingerprint density at radius 3 is 2.52 bits per heavy atom. The first-order valence-electron chi connectivity index (χ1n) is 6.66. The van der Waals surface area contributed by atoms with Crippen LogP contribution in [0.5, 0.6) is 0 Å². The smallest absolute Gasteiger partial charge is 0.259 e. The summed E-state index contributed by atoms with van der Waals surface area (Å²) in [5, 5.41) is 6.67. The second-order valence-corrected chi connectivity index (χ2v) is 4.91. The van der Waals surface area contributed by atoms with Crippen molar-refractivity contribution >= 4 is 29.6 Å². The van der Waals surface area contributed by atoms with Gasteiger partial charge < -0.3 is 5.32 Å². The van der Waals surface area contributed by atoms with Gasteiger partial charge in [0.15, 0.2) is 0 Å². The van der Waals surface area contributed by atoms with Gasteiger partial charge in [0.25, 0.3) is 11.8 Å². The average molecular weight is 334 g/mol. The molecular weight excluding hydrogens is 321 g/mol. The number of benzene rings is 2. The first kappa shape index (κ1) is 16.6. The minimum Gasteiger partial charge on any atom is -0.343 e. The molecule has 118 valence electrons. The van der Waals surface area contributed by atoms with Crippen molar-refractivity contribution < 1.29 is 14.0 Å². The van der Waals surface area contributed by atoms with Gasteiger partial charge in [0.2, 0.25) is 0 Å². The standard InChI is InChI=1S/C16H13ClFN3O2/c17-14-4-2-1-3-12(14)9-20-21-15(22)10-19-16(23)11-5-7-13(18)8-6-11/h1-9H,10H2,(H,19,23)(H,21,22). The van der Waals surface area contributed by atoms with Gasteiger partial charge in [0, 0.05) is 16.1 Å². The summed E-state index contributed by atoms with van der Waals surface area (Å²) in [5.74, 6) is -1.41. The molecule has 0 saturated heterocycles. The van der Waals surface area contributed by atoms with E-state index in [1.165, 1.54) is 30.5 Å². The van der Waals surface area contributed by atoms with E-state index in [-0.39, 0.29) is 12.1 Å². The van der Waals surface area contributed by atoms with Crippen LogP contribution in [0.3, 0.4) is 0 Å². The molecule has 0 aromatic heterocycles. The second kappa shape index (κ2) is 8.05. The van der Waals surface area contributed by atoms with E-state index in [4.69, 9.17) is 11.6 Å². The zero-order valence-corrected chi connectivity index (χ0v) is 12.7.